The standard InChI is InChI=1S/C26H27N7O3.C25H27N7O4/c1-2-12-31-23-21(25(35)33(26(31)36)19-8-9-19)29-22(30-23)17-7-10-20(28-14-17)32(15-16-5-6-16)24(34)18-4-3-11-27-13-18;1-3-11-31-22-20(24(34)32(25(31)35)18-7-8-18)28-21(29-22)16-6-9-19(27-15-16)30(12-13-36-2)23(33)17-5-4-10-26-14-17/h3-4,7,10-11,13-14,16,19H,2,5-6,8-9,12,15H2,1H3,(H,29,30);4-6,9-10,14-15,18H,3,7-8,11-13H2,1-2H3,(H,28,29). The lowest BCUT2D eigenvalue weighted by atomic mass is 10.2. The molecule has 370 valence electrons. The SMILES string of the molecule is CCCn1c(=O)n(C2CC2)c(=O)c2[nH]c(-c3ccc(N(CC4CC4)C(=O)c4cccnc4)nc3)nc21.CCCn1c(=O)n(C2CC2)c(=O)c2[nH]c(-c3ccc(N(CCOC)C(=O)c4cccnc4)nc3)nc21. The van der Waals surface area contributed by atoms with Gasteiger partial charge in [-0.1, -0.05) is 13.8 Å². The van der Waals surface area contributed by atoms with Crippen LogP contribution in [-0.2, 0) is 17.8 Å². The molecule has 8 aromatic heterocycles. The van der Waals surface area contributed by atoms with Crippen LogP contribution in [0.3, 0.4) is 0 Å². The van der Waals surface area contributed by atoms with E-state index in [0.29, 0.717) is 107 Å². The number of amides is 2. The fourth-order valence-electron chi connectivity index (χ4n) is 8.71. The van der Waals surface area contributed by atoms with Gasteiger partial charge in [0.15, 0.2) is 11.3 Å². The molecule has 3 aliphatic carbocycles. The van der Waals surface area contributed by atoms with E-state index in [0.717, 1.165) is 51.4 Å². The van der Waals surface area contributed by atoms with Crippen molar-refractivity contribution in [3.8, 4) is 22.8 Å². The number of hydrogen-bond donors (Lipinski definition) is 2. The molecule has 2 N–H and O–H groups in total. The molecule has 0 atom stereocenters. The van der Waals surface area contributed by atoms with Gasteiger partial charge in [0.2, 0.25) is 0 Å². The average molecular weight is 975 g/mol. The molecule has 21 heteroatoms. The van der Waals surface area contributed by atoms with Gasteiger partial charge in [0.05, 0.1) is 24.3 Å². The van der Waals surface area contributed by atoms with E-state index in [-0.39, 0.29) is 46.4 Å². The van der Waals surface area contributed by atoms with Crippen LogP contribution in [0.2, 0.25) is 0 Å². The zero-order valence-corrected chi connectivity index (χ0v) is 40.2. The first-order valence-electron chi connectivity index (χ1n) is 24.4. The Hall–Kier alpha value is -8.20. The maximum atomic E-state index is 13.2. The quantitative estimate of drug-likeness (QED) is 0.114. The van der Waals surface area contributed by atoms with Crippen molar-refractivity contribution in [2.24, 2.45) is 5.92 Å². The fourth-order valence-corrected chi connectivity index (χ4v) is 8.71. The smallest absolute Gasteiger partial charge is 0.333 e. The van der Waals surface area contributed by atoms with Gasteiger partial charge in [-0.15, -0.1) is 0 Å². The molecule has 0 radical (unpaired) electrons. The summed E-state index contributed by atoms with van der Waals surface area (Å²) >= 11 is 0. The highest BCUT2D eigenvalue weighted by atomic mass is 16.5. The maximum Gasteiger partial charge on any atom is 0.333 e. The summed E-state index contributed by atoms with van der Waals surface area (Å²) in [5.41, 5.74) is 2.32. The van der Waals surface area contributed by atoms with E-state index in [1.807, 2.05) is 19.9 Å². The summed E-state index contributed by atoms with van der Waals surface area (Å²) in [7, 11) is 1.57. The Balaban J connectivity index is 0.000000166. The number of rotatable bonds is 17. The van der Waals surface area contributed by atoms with Crippen molar-refractivity contribution < 1.29 is 14.3 Å². The number of aromatic nitrogens is 12. The van der Waals surface area contributed by atoms with E-state index in [4.69, 9.17) is 4.74 Å². The zero-order valence-electron chi connectivity index (χ0n) is 40.2. The van der Waals surface area contributed by atoms with Gasteiger partial charge in [0.25, 0.3) is 22.9 Å². The van der Waals surface area contributed by atoms with Crippen LogP contribution in [0.25, 0.3) is 45.1 Å². The van der Waals surface area contributed by atoms with E-state index >= 15 is 0 Å². The molecule has 3 aliphatic rings. The van der Waals surface area contributed by atoms with Gasteiger partial charge in [0.1, 0.15) is 34.3 Å². The van der Waals surface area contributed by atoms with Crippen molar-refractivity contribution in [2.45, 2.75) is 90.4 Å². The topological polar surface area (TPSA) is 247 Å². The highest BCUT2D eigenvalue weighted by molar-refractivity contribution is 6.06. The maximum absolute atomic E-state index is 13.2. The number of anilines is 2. The van der Waals surface area contributed by atoms with Crippen LogP contribution < -0.4 is 32.3 Å². The summed E-state index contributed by atoms with van der Waals surface area (Å²) in [6, 6.07) is 13.9. The van der Waals surface area contributed by atoms with Crippen molar-refractivity contribution in [1.29, 1.82) is 0 Å². The average Bonchev–Trinajstić information content (AvgIpc) is 4.36. The van der Waals surface area contributed by atoms with E-state index in [1.165, 1.54) is 20.2 Å². The normalized spacial score (nSPS) is 14.3. The van der Waals surface area contributed by atoms with Gasteiger partial charge >= 0.3 is 11.4 Å². The van der Waals surface area contributed by atoms with E-state index < -0.39 is 0 Å². The highest BCUT2D eigenvalue weighted by Gasteiger charge is 2.32. The Kier molecular flexibility index (Phi) is 13.4. The van der Waals surface area contributed by atoms with Crippen LogP contribution in [0, 0.1) is 5.92 Å². The number of carbonyl (C=O) groups excluding carboxylic acids is 2. The summed E-state index contributed by atoms with van der Waals surface area (Å²) < 4.78 is 11.0. The molecule has 11 rings (SSSR count). The third-order valence-corrected chi connectivity index (χ3v) is 12.9. The molecule has 2 amide bonds. The van der Waals surface area contributed by atoms with Crippen LogP contribution in [-0.4, -0.2) is 96.8 Å². The second kappa shape index (κ2) is 20.3. The van der Waals surface area contributed by atoms with E-state index in [9.17, 15) is 28.8 Å². The largest absolute Gasteiger partial charge is 0.383 e. The van der Waals surface area contributed by atoms with Crippen LogP contribution in [0.5, 0.6) is 0 Å². The van der Waals surface area contributed by atoms with Crippen molar-refractivity contribution in [2.75, 3.05) is 36.6 Å². The van der Waals surface area contributed by atoms with Crippen LogP contribution in [0.4, 0.5) is 11.6 Å². The van der Waals surface area contributed by atoms with Gasteiger partial charge < -0.3 is 14.7 Å². The minimum Gasteiger partial charge on any atom is -0.383 e. The van der Waals surface area contributed by atoms with Crippen molar-refractivity contribution in [3.05, 3.63) is 139 Å². The molecule has 21 nitrogen and oxygen atoms in total. The first-order chi connectivity index (χ1) is 35.1. The molecular formula is C51H54N14O7. The molecule has 0 spiro atoms. The van der Waals surface area contributed by atoms with Crippen LogP contribution in [0.1, 0.15) is 98.0 Å². The summed E-state index contributed by atoms with van der Waals surface area (Å²) in [4.78, 5) is 114. The molecule has 0 saturated heterocycles. The number of aromatic amines is 2. The lowest BCUT2D eigenvalue weighted by molar-refractivity contribution is 0.0970. The highest BCUT2D eigenvalue weighted by Crippen LogP contribution is 2.34. The van der Waals surface area contributed by atoms with Gasteiger partial charge in [-0.25, -0.2) is 29.5 Å². The summed E-state index contributed by atoms with van der Waals surface area (Å²) in [6.07, 6.45) is 16.6. The van der Waals surface area contributed by atoms with Crippen molar-refractivity contribution >= 4 is 45.8 Å². The summed E-state index contributed by atoms with van der Waals surface area (Å²) in [5, 5.41) is 0. The number of imidazole rings is 2. The third kappa shape index (κ3) is 9.53. The van der Waals surface area contributed by atoms with Gasteiger partial charge in [-0.2, -0.15) is 0 Å². The molecule has 0 unspecified atom stereocenters. The van der Waals surface area contributed by atoms with Crippen molar-refractivity contribution in [3.63, 3.8) is 0 Å². The number of H-pyrrole nitrogens is 2. The predicted molar refractivity (Wildman–Crippen MR) is 269 cm³/mol. The second-order valence-electron chi connectivity index (χ2n) is 18.4. The number of ether oxygens (including phenoxy) is 1. The number of aryl methyl sites for hydroxylation is 2. The van der Waals surface area contributed by atoms with E-state index in [2.05, 4.69) is 39.9 Å². The number of nitrogens with zero attached hydrogens (tertiary/aromatic N) is 12. The molecule has 0 bridgehead atoms. The lowest BCUT2D eigenvalue weighted by Gasteiger charge is -2.21. The number of methoxy groups -OCH3 is 1. The number of fused-ring (bicyclic) bond motifs is 2. The van der Waals surface area contributed by atoms with Gasteiger partial charge in [-0.05, 0) is 106 Å². The molecule has 8 heterocycles. The Bertz CT molecular complexity index is 3510. The summed E-state index contributed by atoms with van der Waals surface area (Å²) in [6.45, 7) is 6.16. The molecule has 3 fully saturated rings. The number of carbonyl (C=O) groups is 2. The summed E-state index contributed by atoms with van der Waals surface area (Å²) in [5.74, 6) is 1.99. The predicted octanol–water partition coefficient (Wildman–Crippen LogP) is 5.53. The van der Waals surface area contributed by atoms with Crippen LogP contribution in [0.15, 0.2) is 105 Å². The molecule has 8 aromatic rings. The molecule has 0 aromatic carbocycles. The van der Waals surface area contributed by atoms with Crippen molar-refractivity contribution in [1.82, 2.24) is 58.1 Å². The molecular weight excluding hydrogens is 921 g/mol. The Morgan fingerprint density at radius 1 is 0.639 bits per heavy atom. The fraction of sp³-hybridized carbons (Fsp3) is 0.373. The molecule has 72 heavy (non-hydrogen) atoms. The minimum absolute atomic E-state index is 0.0278. The van der Waals surface area contributed by atoms with Crippen LogP contribution >= 0.6 is 0 Å². The monoisotopic (exact) mass is 974 g/mol. The number of hydrogen-bond acceptors (Lipinski definition) is 13. The third-order valence-electron chi connectivity index (χ3n) is 12.9. The first-order valence-corrected chi connectivity index (χ1v) is 24.4. The van der Waals surface area contributed by atoms with E-state index in [1.54, 1.807) is 94.6 Å². The first kappa shape index (κ1) is 47.5. The zero-order chi connectivity index (χ0) is 50.0. The minimum atomic E-state index is -0.346. The lowest BCUT2D eigenvalue weighted by Crippen LogP contribution is -2.39. The number of nitrogens with one attached hydrogen (secondary N) is 2. The molecule has 0 aliphatic heterocycles. The Morgan fingerprint density at radius 2 is 1.11 bits per heavy atom. The Morgan fingerprint density at radius 3 is 1.50 bits per heavy atom. The Labute approximate surface area is 411 Å². The molecule has 3 saturated carbocycles. The number of pyridine rings is 4. The van der Waals surface area contributed by atoms with Gasteiger partial charge in [-0.3, -0.25) is 57.2 Å². The second-order valence-corrected chi connectivity index (χ2v) is 18.4. The van der Waals surface area contributed by atoms with Gasteiger partial charge in [0, 0.05) is 87.1 Å².